The summed E-state index contributed by atoms with van der Waals surface area (Å²) < 4.78 is 53.4. The lowest BCUT2D eigenvalue weighted by Gasteiger charge is -2.26. The van der Waals surface area contributed by atoms with E-state index < -0.39 is 21.9 Å². The Hall–Kier alpha value is -3.35. The third-order valence-electron chi connectivity index (χ3n) is 5.68. The van der Waals surface area contributed by atoms with Gasteiger partial charge in [-0.05, 0) is 30.2 Å². The van der Waals surface area contributed by atoms with E-state index in [4.69, 9.17) is 23.7 Å². The predicted molar refractivity (Wildman–Crippen MR) is 130 cm³/mol. The van der Waals surface area contributed by atoms with Crippen LogP contribution < -0.4 is 19.5 Å². The molecule has 2 aromatic rings. The van der Waals surface area contributed by atoms with E-state index in [2.05, 4.69) is 5.32 Å². The summed E-state index contributed by atoms with van der Waals surface area (Å²) in [4.78, 5) is 25.2. The summed E-state index contributed by atoms with van der Waals surface area (Å²) in [6, 6.07) is 7.47. The smallest absolute Gasteiger partial charge is 0.340 e. The van der Waals surface area contributed by atoms with E-state index in [1.165, 1.54) is 57.0 Å². The summed E-state index contributed by atoms with van der Waals surface area (Å²) in [5.41, 5.74) is 0.849. The van der Waals surface area contributed by atoms with Gasteiger partial charge < -0.3 is 29.0 Å². The first kappa shape index (κ1) is 27.2. The molecule has 0 spiro atoms. The fourth-order valence-electron chi connectivity index (χ4n) is 3.77. The summed E-state index contributed by atoms with van der Waals surface area (Å²) in [5, 5.41) is 2.70. The summed E-state index contributed by atoms with van der Waals surface area (Å²) in [5.74, 6) is 0.0250. The topological polar surface area (TPSA) is 130 Å². The minimum atomic E-state index is -3.71. The van der Waals surface area contributed by atoms with E-state index in [1.54, 1.807) is 6.07 Å². The molecule has 0 saturated carbocycles. The molecule has 1 aliphatic heterocycles. The summed E-state index contributed by atoms with van der Waals surface area (Å²) in [6.45, 7) is 1.23. The molecule has 36 heavy (non-hydrogen) atoms. The van der Waals surface area contributed by atoms with Crippen molar-refractivity contribution in [3.05, 3.63) is 41.5 Å². The Kier molecular flexibility index (Phi) is 9.13. The summed E-state index contributed by atoms with van der Waals surface area (Å²) in [6.07, 6.45) is 0.189. The minimum absolute atomic E-state index is 0.00757. The number of rotatable bonds is 10. The average molecular weight is 523 g/mol. The minimum Gasteiger partial charge on any atom is -0.496 e. The molecule has 0 bridgehead atoms. The molecule has 1 heterocycles. The van der Waals surface area contributed by atoms with Crippen LogP contribution in [0.3, 0.4) is 0 Å². The molecular formula is C24H30N2O9S. The second-order valence-corrected chi connectivity index (χ2v) is 9.72. The lowest BCUT2D eigenvalue weighted by atomic mass is 10.1. The normalized spacial score (nSPS) is 14.1. The van der Waals surface area contributed by atoms with Gasteiger partial charge in [-0.15, -0.1) is 0 Å². The van der Waals surface area contributed by atoms with Gasteiger partial charge in [0, 0.05) is 31.6 Å². The second kappa shape index (κ2) is 12.1. The Balaban J connectivity index is 1.80. The first-order valence-corrected chi connectivity index (χ1v) is 12.6. The molecule has 0 radical (unpaired) electrons. The standard InChI is InChI=1S/C24H30N2O9S/c1-31-20-7-6-17(36(29,30)26-9-11-35-12-10-26)13-16(20)5-8-23(27)25-19-15-22(33-3)21(32-2)14-18(19)24(28)34-4/h6-7,13-15H,5,8-12H2,1-4H3,(H,25,27). The van der Waals surface area contributed by atoms with E-state index in [0.29, 0.717) is 36.0 Å². The van der Waals surface area contributed by atoms with Gasteiger partial charge in [0.1, 0.15) is 5.75 Å². The molecule has 3 rings (SSSR count). The average Bonchev–Trinajstić information content (AvgIpc) is 2.91. The van der Waals surface area contributed by atoms with Gasteiger partial charge in [0.05, 0.1) is 57.8 Å². The maximum atomic E-state index is 13.0. The van der Waals surface area contributed by atoms with Crippen molar-refractivity contribution in [2.45, 2.75) is 17.7 Å². The van der Waals surface area contributed by atoms with E-state index in [-0.39, 0.29) is 42.1 Å². The van der Waals surface area contributed by atoms with Crippen molar-refractivity contribution in [3.8, 4) is 17.2 Å². The molecule has 196 valence electrons. The second-order valence-electron chi connectivity index (χ2n) is 7.78. The zero-order chi connectivity index (χ0) is 26.3. The quantitative estimate of drug-likeness (QED) is 0.466. The molecule has 0 aromatic heterocycles. The van der Waals surface area contributed by atoms with Gasteiger partial charge in [0.25, 0.3) is 0 Å². The van der Waals surface area contributed by atoms with Crippen molar-refractivity contribution in [1.29, 1.82) is 0 Å². The van der Waals surface area contributed by atoms with Crippen molar-refractivity contribution in [3.63, 3.8) is 0 Å². The van der Waals surface area contributed by atoms with E-state index in [9.17, 15) is 18.0 Å². The van der Waals surface area contributed by atoms with Gasteiger partial charge in [-0.25, -0.2) is 13.2 Å². The van der Waals surface area contributed by atoms with Crippen molar-refractivity contribution in [2.24, 2.45) is 0 Å². The van der Waals surface area contributed by atoms with Crippen LogP contribution in [0.15, 0.2) is 35.2 Å². The Morgan fingerprint density at radius 1 is 0.944 bits per heavy atom. The number of ether oxygens (including phenoxy) is 5. The number of benzene rings is 2. The number of hydrogen-bond acceptors (Lipinski definition) is 9. The number of hydrogen-bond donors (Lipinski definition) is 1. The molecule has 11 nitrogen and oxygen atoms in total. The lowest BCUT2D eigenvalue weighted by molar-refractivity contribution is -0.116. The third-order valence-corrected chi connectivity index (χ3v) is 7.58. The third kappa shape index (κ3) is 6.07. The Labute approximate surface area is 210 Å². The molecule has 1 amide bonds. The predicted octanol–water partition coefficient (Wildman–Crippen LogP) is 2.09. The highest BCUT2D eigenvalue weighted by molar-refractivity contribution is 7.89. The van der Waals surface area contributed by atoms with E-state index in [1.807, 2.05) is 0 Å². The van der Waals surface area contributed by atoms with Crippen LogP contribution in [0.25, 0.3) is 0 Å². The monoisotopic (exact) mass is 522 g/mol. The number of aryl methyl sites for hydroxylation is 1. The molecule has 1 fully saturated rings. The number of nitrogens with zero attached hydrogens (tertiary/aromatic N) is 1. The number of nitrogens with one attached hydrogen (secondary N) is 1. The Bertz CT molecular complexity index is 1210. The van der Waals surface area contributed by atoms with Crippen molar-refractivity contribution in [1.82, 2.24) is 4.31 Å². The fourth-order valence-corrected chi connectivity index (χ4v) is 5.23. The van der Waals surface area contributed by atoms with Gasteiger partial charge in [0.2, 0.25) is 15.9 Å². The SMILES string of the molecule is COC(=O)c1cc(OC)c(OC)cc1NC(=O)CCc1cc(S(=O)(=O)N2CCOCC2)ccc1OC. The number of anilines is 1. The molecule has 12 heteroatoms. The van der Waals surface area contributed by atoms with Crippen LogP contribution in [-0.4, -0.2) is 79.3 Å². The zero-order valence-corrected chi connectivity index (χ0v) is 21.5. The molecule has 0 atom stereocenters. The first-order chi connectivity index (χ1) is 17.2. The summed E-state index contributed by atoms with van der Waals surface area (Å²) >= 11 is 0. The van der Waals surface area contributed by atoms with Crippen LogP contribution in [0.2, 0.25) is 0 Å². The maximum Gasteiger partial charge on any atom is 0.340 e. The van der Waals surface area contributed by atoms with E-state index >= 15 is 0 Å². The highest BCUT2D eigenvalue weighted by atomic mass is 32.2. The lowest BCUT2D eigenvalue weighted by Crippen LogP contribution is -2.40. The van der Waals surface area contributed by atoms with Crippen molar-refractivity contribution < 1.29 is 41.7 Å². The van der Waals surface area contributed by atoms with E-state index in [0.717, 1.165) is 0 Å². The van der Waals surface area contributed by atoms with Crippen LogP contribution in [0.1, 0.15) is 22.3 Å². The van der Waals surface area contributed by atoms with Gasteiger partial charge >= 0.3 is 5.97 Å². The van der Waals surface area contributed by atoms with Gasteiger partial charge in [-0.3, -0.25) is 4.79 Å². The molecule has 0 unspecified atom stereocenters. The van der Waals surface area contributed by atoms with Crippen molar-refractivity contribution >= 4 is 27.6 Å². The molecular weight excluding hydrogens is 492 g/mol. The number of amides is 1. The largest absolute Gasteiger partial charge is 0.496 e. The van der Waals surface area contributed by atoms with Gasteiger partial charge in [-0.1, -0.05) is 0 Å². The van der Waals surface area contributed by atoms with Crippen LogP contribution in [0.5, 0.6) is 17.2 Å². The first-order valence-electron chi connectivity index (χ1n) is 11.1. The number of methoxy groups -OCH3 is 4. The number of sulfonamides is 1. The van der Waals surface area contributed by atoms with Gasteiger partial charge in [-0.2, -0.15) is 4.31 Å². The van der Waals surface area contributed by atoms with Crippen LogP contribution in [0, 0.1) is 0 Å². The van der Waals surface area contributed by atoms with Gasteiger partial charge in [0.15, 0.2) is 11.5 Å². The molecule has 1 N–H and O–H groups in total. The number of esters is 1. The molecule has 2 aromatic carbocycles. The van der Waals surface area contributed by atoms with Crippen molar-refractivity contribution in [2.75, 3.05) is 60.1 Å². The molecule has 1 aliphatic rings. The Morgan fingerprint density at radius 2 is 1.58 bits per heavy atom. The Morgan fingerprint density at radius 3 is 2.19 bits per heavy atom. The highest BCUT2D eigenvalue weighted by Gasteiger charge is 2.27. The van der Waals surface area contributed by atoms with Crippen LogP contribution in [0.4, 0.5) is 5.69 Å². The fraction of sp³-hybridized carbons (Fsp3) is 0.417. The molecule has 1 saturated heterocycles. The summed E-state index contributed by atoms with van der Waals surface area (Å²) in [7, 11) is 1.86. The highest BCUT2D eigenvalue weighted by Crippen LogP contribution is 2.34. The maximum absolute atomic E-state index is 13.0. The number of carbonyl (C=O) groups is 2. The van der Waals surface area contributed by atoms with Crippen LogP contribution in [-0.2, 0) is 30.7 Å². The van der Waals surface area contributed by atoms with Crippen LogP contribution >= 0.6 is 0 Å². The number of morpholine rings is 1. The number of carbonyl (C=O) groups excluding carboxylic acids is 2. The zero-order valence-electron chi connectivity index (χ0n) is 20.7. The molecule has 0 aliphatic carbocycles.